The number of hydrogen-bond acceptors (Lipinski definition) is 6. The third-order valence-electron chi connectivity index (χ3n) is 5.71. The van der Waals surface area contributed by atoms with Gasteiger partial charge >= 0.3 is 0 Å². The van der Waals surface area contributed by atoms with E-state index in [0.717, 1.165) is 60.0 Å². The zero-order valence-electron chi connectivity index (χ0n) is 19.2. The fraction of sp³-hybridized carbons (Fsp3) is 0.333. The third kappa shape index (κ3) is 5.43. The number of nitrogens with zero attached hydrogens (tertiary/aromatic N) is 3. The van der Waals surface area contributed by atoms with Crippen LogP contribution in [0.15, 0.2) is 53.4 Å². The van der Waals surface area contributed by atoms with Gasteiger partial charge in [-0.3, -0.25) is 0 Å². The predicted molar refractivity (Wildman–Crippen MR) is 141 cm³/mol. The molecule has 0 fully saturated rings. The molecule has 0 radical (unpaired) electrons. The average molecular weight is 503 g/mol. The Morgan fingerprint density at radius 2 is 1.79 bits per heavy atom. The monoisotopic (exact) mass is 502 g/mol. The number of rotatable bonds is 10. The van der Waals surface area contributed by atoms with Crippen LogP contribution in [-0.2, 0) is 23.0 Å². The SMILES string of the molecule is CCCCc1nc2c(N)nc3ccccc3c2n1CCCCNS(=O)(=O)c1cccc(N)c1.Cl. The zero-order chi connectivity index (χ0) is 23.4. The molecule has 2 heterocycles. The molecular weight excluding hydrogens is 472 g/mol. The van der Waals surface area contributed by atoms with Crippen LogP contribution in [0.5, 0.6) is 0 Å². The van der Waals surface area contributed by atoms with Crippen LogP contribution in [0, 0.1) is 0 Å². The van der Waals surface area contributed by atoms with E-state index in [0.29, 0.717) is 24.5 Å². The zero-order valence-corrected chi connectivity index (χ0v) is 20.8. The van der Waals surface area contributed by atoms with Crippen LogP contribution in [0.4, 0.5) is 11.5 Å². The van der Waals surface area contributed by atoms with E-state index in [1.165, 1.54) is 6.07 Å². The number of halogens is 1. The van der Waals surface area contributed by atoms with Crippen molar-refractivity contribution in [2.45, 2.75) is 50.5 Å². The van der Waals surface area contributed by atoms with Crippen molar-refractivity contribution in [1.82, 2.24) is 19.3 Å². The minimum absolute atomic E-state index is 0. The summed E-state index contributed by atoms with van der Waals surface area (Å²) in [4.78, 5) is 9.54. The highest BCUT2D eigenvalue weighted by molar-refractivity contribution is 7.89. The number of aromatic nitrogens is 3. The Bertz CT molecular complexity index is 1390. The highest BCUT2D eigenvalue weighted by atomic mass is 35.5. The van der Waals surface area contributed by atoms with Crippen molar-refractivity contribution < 1.29 is 8.42 Å². The Kier molecular flexibility index (Phi) is 8.35. The molecule has 34 heavy (non-hydrogen) atoms. The van der Waals surface area contributed by atoms with Gasteiger partial charge in [-0.2, -0.15) is 0 Å². The summed E-state index contributed by atoms with van der Waals surface area (Å²) in [6.45, 7) is 3.23. The highest BCUT2D eigenvalue weighted by Crippen LogP contribution is 2.29. The number of aryl methyl sites for hydroxylation is 2. The summed E-state index contributed by atoms with van der Waals surface area (Å²) in [5, 5.41) is 1.03. The number of nitrogen functional groups attached to an aromatic ring is 2. The lowest BCUT2D eigenvalue weighted by molar-refractivity contribution is 0.561. The number of pyridine rings is 1. The topological polar surface area (TPSA) is 129 Å². The minimum atomic E-state index is -3.58. The van der Waals surface area contributed by atoms with Gasteiger partial charge in [-0.05, 0) is 43.5 Å². The van der Waals surface area contributed by atoms with Crippen molar-refractivity contribution in [2.24, 2.45) is 0 Å². The van der Waals surface area contributed by atoms with Crippen molar-refractivity contribution in [3.8, 4) is 0 Å². The third-order valence-corrected chi connectivity index (χ3v) is 7.17. The van der Waals surface area contributed by atoms with E-state index in [2.05, 4.69) is 21.2 Å². The first-order valence-electron chi connectivity index (χ1n) is 11.3. The summed E-state index contributed by atoms with van der Waals surface area (Å²) >= 11 is 0. The first-order valence-corrected chi connectivity index (χ1v) is 12.8. The lowest BCUT2D eigenvalue weighted by Crippen LogP contribution is -2.25. The minimum Gasteiger partial charge on any atom is -0.399 e. The Hall–Kier alpha value is -2.88. The summed E-state index contributed by atoms with van der Waals surface area (Å²) in [6.07, 6.45) is 4.45. The molecule has 0 atom stereocenters. The van der Waals surface area contributed by atoms with Crippen LogP contribution in [0.1, 0.15) is 38.4 Å². The Labute approximate surface area is 206 Å². The second-order valence-electron chi connectivity index (χ2n) is 8.17. The van der Waals surface area contributed by atoms with Crippen LogP contribution >= 0.6 is 12.4 Å². The molecule has 0 aliphatic heterocycles. The number of nitrogens with two attached hydrogens (primary N) is 2. The predicted octanol–water partition coefficient (Wildman–Crippen LogP) is 4.27. The number of anilines is 2. The number of benzene rings is 2. The van der Waals surface area contributed by atoms with Gasteiger partial charge in [-0.1, -0.05) is 37.6 Å². The second kappa shape index (κ2) is 11.0. The van der Waals surface area contributed by atoms with Crippen molar-refractivity contribution in [3.63, 3.8) is 0 Å². The van der Waals surface area contributed by atoms with Crippen LogP contribution in [0.25, 0.3) is 21.9 Å². The average Bonchev–Trinajstić information content (AvgIpc) is 3.17. The molecule has 8 nitrogen and oxygen atoms in total. The lowest BCUT2D eigenvalue weighted by atomic mass is 10.2. The van der Waals surface area contributed by atoms with Gasteiger partial charge in [0.25, 0.3) is 0 Å². The summed E-state index contributed by atoms with van der Waals surface area (Å²) in [7, 11) is -3.58. The summed E-state index contributed by atoms with van der Waals surface area (Å²) in [6, 6.07) is 14.3. The molecule has 0 aliphatic rings. The molecule has 0 aliphatic carbocycles. The number of fused-ring (bicyclic) bond motifs is 3. The first kappa shape index (κ1) is 25.7. The van der Waals surface area contributed by atoms with Crippen molar-refractivity contribution in [2.75, 3.05) is 18.0 Å². The highest BCUT2D eigenvalue weighted by Gasteiger charge is 2.17. The van der Waals surface area contributed by atoms with Crippen molar-refractivity contribution >= 4 is 55.9 Å². The smallest absolute Gasteiger partial charge is 0.240 e. The van der Waals surface area contributed by atoms with Crippen molar-refractivity contribution in [1.29, 1.82) is 0 Å². The summed E-state index contributed by atoms with van der Waals surface area (Å²) in [5.41, 5.74) is 15.0. The molecule has 0 amide bonds. The number of sulfonamides is 1. The van der Waals surface area contributed by atoms with Gasteiger partial charge < -0.3 is 16.0 Å². The fourth-order valence-corrected chi connectivity index (χ4v) is 5.17. The van der Waals surface area contributed by atoms with E-state index in [9.17, 15) is 8.42 Å². The Balaban J connectivity index is 0.00000324. The first-order chi connectivity index (χ1) is 15.9. The molecule has 0 spiro atoms. The van der Waals surface area contributed by atoms with Gasteiger partial charge in [0.05, 0.1) is 15.9 Å². The van der Waals surface area contributed by atoms with Crippen LogP contribution in [-0.4, -0.2) is 29.5 Å². The van der Waals surface area contributed by atoms with Gasteiger partial charge in [0.15, 0.2) is 5.82 Å². The van der Waals surface area contributed by atoms with Gasteiger partial charge in [0.2, 0.25) is 10.0 Å². The van der Waals surface area contributed by atoms with Gasteiger partial charge in [0.1, 0.15) is 11.3 Å². The molecule has 182 valence electrons. The quantitative estimate of drug-likeness (QED) is 0.219. The fourth-order valence-electron chi connectivity index (χ4n) is 4.04. The van der Waals surface area contributed by atoms with E-state index in [1.54, 1.807) is 18.2 Å². The standard InChI is InChI=1S/C24H30N6O2S.ClH/c1-2-3-13-21-29-22-23(19-11-4-5-12-20(19)28-24(22)26)30(21)15-7-6-14-27-33(31,32)18-10-8-9-17(25)16-18;/h4-5,8-12,16,27H,2-3,6-7,13-15,25H2,1H3,(H2,26,28);1H. The molecule has 0 bridgehead atoms. The van der Waals surface area contributed by atoms with Gasteiger partial charge in [-0.15, -0.1) is 12.4 Å². The number of nitrogens with one attached hydrogen (secondary N) is 1. The van der Waals surface area contributed by atoms with Crippen LogP contribution < -0.4 is 16.2 Å². The molecule has 0 saturated heterocycles. The Morgan fingerprint density at radius 3 is 2.56 bits per heavy atom. The van der Waals surface area contributed by atoms with Crippen LogP contribution in [0.3, 0.4) is 0 Å². The van der Waals surface area contributed by atoms with E-state index in [4.69, 9.17) is 16.5 Å². The molecule has 0 unspecified atom stereocenters. The van der Waals surface area contributed by atoms with Crippen molar-refractivity contribution in [3.05, 3.63) is 54.4 Å². The van der Waals surface area contributed by atoms with E-state index in [1.807, 2.05) is 24.3 Å². The molecule has 4 rings (SSSR count). The molecule has 2 aromatic heterocycles. The molecule has 10 heteroatoms. The van der Waals surface area contributed by atoms with Gasteiger partial charge in [0, 0.05) is 30.6 Å². The maximum Gasteiger partial charge on any atom is 0.240 e. The Morgan fingerprint density at radius 1 is 1.00 bits per heavy atom. The van der Waals surface area contributed by atoms with E-state index >= 15 is 0 Å². The van der Waals surface area contributed by atoms with Crippen LogP contribution in [0.2, 0.25) is 0 Å². The molecule has 2 aromatic carbocycles. The number of unbranched alkanes of at least 4 members (excludes halogenated alkanes) is 2. The summed E-state index contributed by atoms with van der Waals surface area (Å²) < 4.78 is 29.9. The van der Waals surface area contributed by atoms with E-state index in [-0.39, 0.29) is 17.3 Å². The molecule has 0 saturated carbocycles. The normalized spacial score (nSPS) is 11.7. The lowest BCUT2D eigenvalue weighted by Gasteiger charge is -2.11. The molecule has 4 aromatic rings. The largest absolute Gasteiger partial charge is 0.399 e. The maximum absolute atomic E-state index is 12.5. The number of hydrogen-bond donors (Lipinski definition) is 3. The number of imidazole rings is 1. The van der Waals surface area contributed by atoms with Gasteiger partial charge in [-0.25, -0.2) is 23.1 Å². The second-order valence-corrected chi connectivity index (χ2v) is 9.94. The number of para-hydroxylation sites is 1. The van der Waals surface area contributed by atoms with E-state index < -0.39 is 10.0 Å². The molecule has 5 N–H and O–H groups in total. The maximum atomic E-state index is 12.5. The summed E-state index contributed by atoms with van der Waals surface area (Å²) in [5.74, 6) is 1.44. The molecular formula is C24H31ClN6O2S.